The molecule has 1 saturated heterocycles. The molecule has 2 N–H and O–H groups in total. The van der Waals surface area contributed by atoms with E-state index in [0.717, 1.165) is 22.0 Å². The molecule has 0 aliphatic carbocycles. The first-order valence-electron chi connectivity index (χ1n) is 9.02. The first kappa shape index (κ1) is 19.6. The third-order valence-corrected chi connectivity index (χ3v) is 6.68. The van der Waals surface area contributed by atoms with E-state index in [0.29, 0.717) is 31.5 Å². The number of nitrogens with one attached hydrogen (secondary N) is 2. The Morgan fingerprint density at radius 3 is 2.56 bits per heavy atom. The van der Waals surface area contributed by atoms with E-state index in [2.05, 4.69) is 10.3 Å². The van der Waals surface area contributed by atoms with E-state index in [-0.39, 0.29) is 23.9 Å². The van der Waals surface area contributed by atoms with Gasteiger partial charge in [-0.3, -0.25) is 9.59 Å². The smallest absolute Gasteiger partial charge is 0.253 e. The summed E-state index contributed by atoms with van der Waals surface area (Å²) in [6.45, 7) is 4.83. The summed E-state index contributed by atoms with van der Waals surface area (Å²) in [6, 6.07) is 5.78. The van der Waals surface area contributed by atoms with Gasteiger partial charge < -0.3 is 10.3 Å². The molecule has 1 amide bonds. The molecule has 7 nitrogen and oxygen atoms in total. The van der Waals surface area contributed by atoms with Crippen molar-refractivity contribution in [2.75, 3.05) is 19.3 Å². The second-order valence-electron chi connectivity index (χ2n) is 7.25. The van der Waals surface area contributed by atoms with Gasteiger partial charge in [-0.05, 0) is 49.3 Å². The van der Waals surface area contributed by atoms with E-state index < -0.39 is 10.0 Å². The molecule has 3 rings (SSSR count). The highest BCUT2D eigenvalue weighted by molar-refractivity contribution is 7.88. The van der Waals surface area contributed by atoms with Crippen LogP contribution >= 0.6 is 0 Å². The number of aromatic amines is 1. The van der Waals surface area contributed by atoms with Crippen LogP contribution in [-0.4, -0.2) is 43.0 Å². The van der Waals surface area contributed by atoms with Gasteiger partial charge in [-0.1, -0.05) is 12.1 Å². The molecule has 1 aromatic carbocycles. The maximum atomic E-state index is 12.4. The lowest BCUT2D eigenvalue weighted by molar-refractivity contribution is -0.126. The van der Waals surface area contributed by atoms with Crippen molar-refractivity contribution >= 4 is 26.8 Å². The summed E-state index contributed by atoms with van der Waals surface area (Å²) in [7, 11) is -3.21. The van der Waals surface area contributed by atoms with Gasteiger partial charge in [0.15, 0.2) is 0 Å². The predicted molar refractivity (Wildman–Crippen MR) is 105 cm³/mol. The summed E-state index contributed by atoms with van der Waals surface area (Å²) < 4.78 is 24.5. The van der Waals surface area contributed by atoms with Crippen LogP contribution in [0.1, 0.15) is 29.5 Å². The van der Waals surface area contributed by atoms with Crippen LogP contribution < -0.4 is 10.9 Å². The molecule has 1 fully saturated rings. The van der Waals surface area contributed by atoms with E-state index in [1.54, 1.807) is 0 Å². The number of H-pyrrole nitrogens is 1. The number of fused-ring (bicyclic) bond motifs is 1. The highest BCUT2D eigenvalue weighted by Crippen LogP contribution is 2.20. The van der Waals surface area contributed by atoms with Crippen LogP contribution in [0.15, 0.2) is 23.0 Å². The van der Waals surface area contributed by atoms with Crippen molar-refractivity contribution in [3.63, 3.8) is 0 Å². The quantitative estimate of drug-likeness (QED) is 0.824. The zero-order valence-corrected chi connectivity index (χ0v) is 16.6. The molecule has 1 aliphatic rings. The maximum Gasteiger partial charge on any atom is 0.253 e. The molecule has 1 aliphatic heterocycles. The highest BCUT2D eigenvalue weighted by atomic mass is 32.2. The fraction of sp³-hybridized carbons (Fsp3) is 0.474. The Labute approximate surface area is 158 Å². The summed E-state index contributed by atoms with van der Waals surface area (Å²) in [4.78, 5) is 27.7. The second kappa shape index (κ2) is 7.44. The van der Waals surface area contributed by atoms with E-state index in [1.807, 2.05) is 32.0 Å². The first-order chi connectivity index (χ1) is 12.7. The summed E-state index contributed by atoms with van der Waals surface area (Å²) in [5, 5.41) is 3.76. The topological polar surface area (TPSA) is 99.3 Å². The standard InChI is InChI=1S/C19H25N3O4S/c1-12-4-5-15-10-16(19(24)21-17(15)13(12)2)11-20-18(23)14-6-8-22(9-7-14)27(3,25)26/h4-5,10,14H,6-9,11H2,1-3H3,(H,20,23)(H,21,24). The number of benzene rings is 1. The highest BCUT2D eigenvalue weighted by Gasteiger charge is 2.28. The fourth-order valence-electron chi connectivity index (χ4n) is 3.48. The van der Waals surface area contributed by atoms with Gasteiger partial charge in [-0.2, -0.15) is 0 Å². The van der Waals surface area contributed by atoms with Crippen molar-refractivity contribution in [1.29, 1.82) is 0 Å². The van der Waals surface area contributed by atoms with Crippen molar-refractivity contribution in [3.8, 4) is 0 Å². The van der Waals surface area contributed by atoms with E-state index in [4.69, 9.17) is 0 Å². The van der Waals surface area contributed by atoms with Crippen molar-refractivity contribution in [2.24, 2.45) is 5.92 Å². The average Bonchev–Trinajstić information content (AvgIpc) is 2.63. The molecule has 0 radical (unpaired) electrons. The van der Waals surface area contributed by atoms with E-state index >= 15 is 0 Å². The fourth-order valence-corrected chi connectivity index (χ4v) is 4.35. The zero-order chi connectivity index (χ0) is 19.8. The van der Waals surface area contributed by atoms with Crippen molar-refractivity contribution < 1.29 is 13.2 Å². The Morgan fingerprint density at radius 1 is 1.26 bits per heavy atom. The number of nitrogens with zero attached hydrogens (tertiary/aromatic N) is 1. The van der Waals surface area contributed by atoms with Crippen LogP contribution in [0.25, 0.3) is 10.9 Å². The van der Waals surface area contributed by atoms with Crippen LogP contribution in [0.3, 0.4) is 0 Å². The van der Waals surface area contributed by atoms with Crippen molar-refractivity contribution in [2.45, 2.75) is 33.2 Å². The average molecular weight is 391 g/mol. The Morgan fingerprint density at radius 2 is 1.93 bits per heavy atom. The second-order valence-corrected chi connectivity index (χ2v) is 9.23. The molecule has 1 aromatic heterocycles. The molecule has 8 heteroatoms. The molecule has 0 spiro atoms. The number of carbonyl (C=O) groups is 1. The van der Waals surface area contributed by atoms with Crippen molar-refractivity contribution in [3.05, 3.63) is 45.2 Å². The molecule has 2 heterocycles. The summed E-state index contributed by atoms with van der Waals surface area (Å²) >= 11 is 0. The molecule has 0 atom stereocenters. The molecular weight excluding hydrogens is 366 g/mol. The molecule has 0 saturated carbocycles. The Hall–Kier alpha value is -2.19. The van der Waals surface area contributed by atoms with Crippen LogP contribution in [0.4, 0.5) is 0 Å². The molecule has 146 valence electrons. The number of sulfonamides is 1. The number of piperidine rings is 1. The number of rotatable bonds is 4. The normalized spacial score (nSPS) is 16.6. The van der Waals surface area contributed by atoms with Gasteiger partial charge in [-0.25, -0.2) is 12.7 Å². The van der Waals surface area contributed by atoms with E-state index in [1.165, 1.54) is 10.6 Å². The van der Waals surface area contributed by atoms with Gasteiger partial charge in [0.25, 0.3) is 5.56 Å². The molecule has 0 bridgehead atoms. The summed E-state index contributed by atoms with van der Waals surface area (Å²) in [5.74, 6) is -0.366. The number of hydrogen-bond donors (Lipinski definition) is 2. The summed E-state index contributed by atoms with van der Waals surface area (Å²) in [6.07, 6.45) is 2.17. The van der Waals surface area contributed by atoms with Crippen LogP contribution in [0.2, 0.25) is 0 Å². The van der Waals surface area contributed by atoms with Crippen LogP contribution in [0.5, 0.6) is 0 Å². The minimum absolute atomic E-state index is 0.136. The van der Waals surface area contributed by atoms with Gasteiger partial charge in [-0.15, -0.1) is 0 Å². The van der Waals surface area contributed by atoms with Gasteiger partial charge in [0.05, 0.1) is 11.8 Å². The van der Waals surface area contributed by atoms with Gasteiger partial charge in [0.1, 0.15) is 0 Å². The third kappa shape index (κ3) is 4.22. The maximum absolute atomic E-state index is 12.4. The minimum atomic E-state index is -3.21. The van der Waals surface area contributed by atoms with E-state index in [9.17, 15) is 18.0 Å². The number of aromatic nitrogens is 1. The summed E-state index contributed by atoms with van der Waals surface area (Å²) in [5.41, 5.74) is 3.27. The monoisotopic (exact) mass is 391 g/mol. The van der Waals surface area contributed by atoms with Gasteiger partial charge in [0.2, 0.25) is 15.9 Å². The SMILES string of the molecule is Cc1ccc2cc(CNC(=O)C3CCN(S(C)(=O)=O)CC3)c(=O)[nH]c2c1C. The lowest BCUT2D eigenvalue weighted by Crippen LogP contribution is -2.42. The molecule has 27 heavy (non-hydrogen) atoms. The lowest BCUT2D eigenvalue weighted by Gasteiger charge is -2.29. The molecule has 2 aromatic rings. The van der Waals surface area contributed by atoms with Crippen LogP contribution in [-0.2, 0) is 21.4 Å². The molecular formula is C19H25N3O4S. The van der Waals surface area contributed by atoms with Gasteiger partial charge in [0, 0.05) is 31.1 Å². The number of carbonyl (C=O) groups excluding carboxylic acids is 1. The lowest BCUT2D eigenvalue weighted by atomic mass is 9.97. The minimum Gasteiger partial charge on any atom is -0.352 e. The van der Waals surface area contributed by atoms with Crippen molar-refractivity contribution in [1.82, 2.24) is 14.6 Å². The first-order valence-corrected chi connectivity index (χ1v) is 10.9. The third-order valence-electron chi connectivity index (χ3n) is 5.37. The molecule has 0 unspecified atom stereocenters. The Bertz CT molecular complexity index is 1030. The number of hydrogen-bond acceptors (Lipinski definition) is 4. The predicted octanol–water partition coefficient (Wildman–Crippen LogP) is 1.43. The van der Waals surface area contributed by atoms with Crippen LogP contribution in [0, 0.1) is 19.8 Å². The van der Waals surface area contributed by atoms with Gasteiger partial charge >= 0.3 is 0 Å². The Balaban J connectivity index is 1.67. The Kier molecular flexibility index (Phi) is 5.39. The largest absolute Gasteiger partial charge is 0.352 e. The zero-order valence-electron chi connectivity index (χ0n) is 15.8. The number of pyridine rings is 1. The number of aryl methyl sites for hydroxylation is 2. The number of amides is 1.